The van der Waals surface area contributed by atoms with Crippen LogP contribution in [0, 0.1) is 11.3 Å². The number of amides is 1. The molecule has 2 rings (SSSR count). The average molecular weight is 338 g/mol. The van der Waals surface area contributed by atoms with Crippen molar-refractivity contribution >= 4 is 11.9 Å². The minimum atomic E-state index is -2.95. The van der Waals surface area contributed by atoms with Crippen molar-refractivity contribution in [2.75, 3.05) is 6.61 Å². The highest BCUT2D eigenvalue weighted by Gasteiger charge is 2.35. The lowest BCUT2D eigenvalue weighted by atomic mass is 10.00. The Balaban J connectivity index is 1.84. The summed E-state index contributed by atoms with van der Waals surface area (Å²) in [5.41, 5.74) is -0.780. The molecular weight excluding hydrogens is 322 g/mol. The Morgan fingerprint density at radius 3 is 2.42 bits per heavy atom. The van der Waals surface area contributed by atoms with Crippen LogP contribution in [-0.2, 0) is 9.53 Å². The Labute approximate surface area is 137 Å². The lowest BCUT2D eigenvalue weighted by Crippen LogP contribution is -2.46. The van der Waals surface area contributed by atoms with Crippen molar-refractivity contribution in [3.05, 3.63) is 29.8 Å². The molecule has 1 aliphatic carbocycles. The number of nitrogens with one attached hydrogen (secondary N) is 1. The van der Waals surface area contributed by atoms with Crippen LogP contribution in [0.25, 0.3) is 0 Å². The van der Waals surface area contributed by atoms with E-state index in [4.69, 9.17) is 4.74 Å². The number of benzene rings is 1. The van der Waals surface area contributed by atoms with Gasteiger partial charge in [-0.2, -0.15) is 14.0 Å². The van der Waals surface area contributed by atoms with Gasteiger partial charge in [-0.3, -0.25) is 4.79 Å². The van der Waals surface area contributed by atoms with Crippen molar-refractivity contribution in [1.82, 2.24) is 5.32 Å². The monoisotopic (exact) mass is 338 g/mol. The molecule has 1 aliphatic rings. The zero-order chi connectivity index (χ0) is 17.6. The summed E-state index contributed by atoms with van der Waals surface area (Å²) in [5, 5.41) is 11.8. The summed E-state index contributed by atoms with van der Waals surface area (Å²) in [7, 11) is 0. The summed E-state index contributed by atoms with van der Waals surface area (Å²) >= 11 is 0. The van der Waals surface area contributed by atoms with Crippen molar-refractivity contribution in [2.45, 2.75) is 37.8 Å². The fourth-order valence-corrected chi connectivity index (χ4v) is 2.53. The lowest BCUT2D eigenvalue weighted by Gasteiger charge is -2.21. The summed E-state index contributed by atoms with van der Waals surface area (Å²) in [5.74, 6) is -1.41. The van der Waals surface area contributed by atoms with Crippen molar-refractivity contribution in [1.29, 1.82) is 5.26 Å². The van der Waals surface area contributed by atoms with Gasteiger partial charge in [-0.25, -0.2) is 4.79 Å². The topological polar surface area (TPSA) is 88.4 Å². The maximum Gasteiger partial charge on any atom is 0.387 e. The van der Waals surface area contributed by atoms with Crippen LogP contribution >= 0.6 is 0 Å². The number of esters is 1. The number of halogens is 2. The van der Waals surface area contributed by atoms with Gasteiger partial charge in [0, 0.05) is 0 Å². The predicted octanol–water partition coefficient (Wildman–Crippen LogP) is 2.40. The molecule has 6 nitrogen and oxygen atoms in total. The normalized spacial score (nSPS) is 15.6. The average Bonchev–Trinajstić information content (AvgIpc) is 3.02. The maximum atomic E-state index is 12.0. The van der Waals surface area contributed by atoms with Crippen LogP contribution in [0.3, 0.4) is 0 Å². The maximum absolute atomic E-state index is 12.0. The molecule has 0 heterocycles. The third-order valence-corrected chi connectivity index (χ3v) is 3.70. The standard InChI is InChI=1S/C16H16F2N2O4/c17-15(18)24-12-5-3-11(4-6-12)14(22)23-9-13(21)20-16(10-19)7-1-2-8-16/h3-6,15H,1-2,7-9H2,(H,20,21). The Morgan fingerprint density at radius 1 is 1.25 bits per heavy atom. The van der Waals surface area contributed by atoms with Gasteiger partial charge in [0.15, 0.2) is 6.61 Å². The summed E-state index contributed by atoms with van der Waals surface area (Å²) in [4.78, 5) is 23.6. The lowest BCUT2D eigenvalue weighted by molar-refractivity contribution is -0.125. The molecule has 0 unspecified atom stereocenters. The first kappa shape index (κ1) is 17.7. The van der Waals surface area contributed by atoms with E-state index < -0.39 is 30.6 Å². The third kappa shape index (κ3) is 4.65. The van der Waals surface area contributed by atoms with Gasteiger partial charge in [0.25, 0.3) is 5.91 Å². The minimum Gasteiger partial charge on any atom is -0.452 e. The molecule has 1 aromatic rings. The van der Waals surface area contributed by atoms with Crippen molar-refractivity contribution < 1.29 is 27.8 Å². The molecule has 0 aromatic heterocycles. The fraction of sp³-hybridized carbons (Fsp3) is 0.438. The van der Waals surface area contributed by atoms with Crippen LogP contribution in [0.4, 0.5) is 8.78 Å². The minimum absolute atomic E-state index is 0.0866. The molecule has 0 bridgehead atoms. The SMILES string of the molecule is N#CC1(NC(=O)COC(=O)c2ccc(OC(F)F)cc2)CCCC1. The number of nitrogens with zero attached hydrogens (tertiary/aromatic N) is 1. The van der Waals surface area contributed by atoms with Crippen LogP contribution in [0.1, 0.15) is 36.0 Å². The molecule has 1 aromatic carbocycles. The van der Waals surface area contributed by atoms with Gasteiger partial charge in [-0.15, -0.1) is 0 Å². The number of rotatable bonds is 6. The molecule has 24 heavy (non-hydrogen) atoms. The first-order valence-electron chi connectivity index (χ1n) is 7.38. The first-order chi connectivity index (χ1) is 11.4. The van der Waals surface area contributed by atoms with E-state index in [2.05, 4.69) is 16.1 Å². The number of nitriles is 1. The van der Waals surface area contributed by atoms with Crippen LogP contribution in [0.5, 0.6) is 5.75 Å². The molecule has 0 radical (unpaired) electrons. The van der Waals surface area contributed by atoms with E-state index in [9.17, 15) is 23.6 Å². The second kappa shape index (κ2) is 7.73. The number of carbonyl (C=O) groups is 2. The molecule has 0 saturated heterocycles. The molecule has 1 fully saturated rings. The van der Waals surface area contributed by atoms with Gasteiger partial charge in [-0.1, -0.05) is 0 Å². The zero-order valence-corrected chi connectivity index (χ0v) is 12.8. The molecular formula is C16H16F2N2O4. The summed E-state index contributed by atoms with van der Waals surface area (Å²) in [6.45, 7) is -3.47. The van der Waals surface area contributed by atoms with Gasteiger partial charge in [0.05, 0.1) is 11.6 Å². The molecule has 0 atom stereocenters. The molecule has 0 spiro atoms. The molecule has 8 heteroatoms. The Hall–Kier alpha value is -2.69. The van der Waals surface area contributed by atoms with Crippen LogP contribution in [0.15, 0.2) is 24.3 Å². The van der Waals surface area contributed by atoms with E-state index in [0.29, 0.717) is 12.8 Å². The van der Waals surface area contributed by atoms with E-state index in [0.717, 1.165) is 12.8 Å². The second-order valence-corrected chi connectivity index (χ2v) is 5.43. The highest BCUT2D eigenvalue weighted by molar-refractivity contribution is 5.91. The summed E-state index contributed by atoms with van der Waals surface area (Å²) < 4.78 is 33.1. The smallest absolute Gasteiger partial charge is 0.387 e. The van der Waals surface area contributed by atoms with Crippen LogP contribution in [-0.4, -0.2) is 30.6 Å². The van der Waals surface area contributed by atoms with Crippen molar-refractivity contribution in [3.8, 4) is 11.8 Å². The Bertz CT molecular complexity index is 634. The van der Waals surface area contributed by atoms with Gasteiger partial charge in [0.1, 0.15) is 11.3 Å². The third-order valence-electron chi connectivity index (χ3n) is 3.70. The van der Waals surface area contributed by atoms with Gasteiger partial charge < -0.3 is 14.8 Å². The predicted molar refractivity (Wildman–Crippen MR) is 78.3 cm³/mol. The largest absolute Gasteiger partial charge is 0.452 e. The number of carbonyl (C=O) groups excluding carboxylic acids is 2. The highest BCUT2D eigenvalue weighted by Crippen LogP contribution is 2.28. The Kier molecular flexibility index (Phi) is 5.68. The van der Waals surface area contributed by atoms with Gasteiger partial charge >= 0.3 is 12.6 Å². The number of alkyl halides is 2. The molecule has 0 aliphatic heterocycles. The van der Waals surface area contributed by atoms with E-state index in [-0.39, 0.29) is 11.3 Å². The highest BCUT2D eigenvalue weighted by atomic mass is 19.3. The summed E-state index contributed by atoms with van der Waals surface area (Å²) in [6, 6.07) is 7.01. The second-order valence-electron chi connectivity index (χ2n) is 5.43. The van der Waals surface area contributed by atoms with E-state index in [1.165, 1.54) is 24.3 Å². The van der Waals surface area contributed by atoms with Crippen molar-refractivity contribution in [3.63, 3.8) is 0 Å². The number of hydrogen-bond acceptors (Lipinski definition) is 5. The fourth-order valence-electron chi connectivity index (χ4n) is 2.53. The summed E-state index contributed by atoms with van der Waals surface area (Å²) in [6.07, 6.45) is 2.88. The molecule has 1 N–H and O–H groups in total. The number of hydrogen-bond donors (Lipinski definition) is 1. The van der Waals surface area contributed by atoms with Crippen LogP contribution in [0.2, 0.25) is 0 Å². The van der Waals surface area contributed by atoms with Crippen LogP contribution < -0.4 is 10.1 Å². The Morgan fingerprint density at radius 2 is 1.88 bits per heavy atom. The first-order valence-corrected chi connectivity index (χ1v) is 7.38. The van der Waals surface area contributed by atoms with Gasteiger partial charge in [-0.05, 0) is 49.9 Å². The number of ether oxygens (including phenoxy) is 2. The zero-order valence-electron chi connectivity index (χ0n) is 12.8. The molecule has 1 amide bonds. The molecule has 128 valence electrons. The quantitative estimate of drug-likeness (QED) is 0.805. The van der Waals surface area contributed by atoms with E-state index >= 15 is 0 Å². The van der Waals surface area contributed by atoms with Gasteiger partial charge in [0.2, 0.25) is 0 Å². The van der Waals surface area contributed by atoms with Crippen molar-refractivity contribution in [2.24, 2.45) is 0 Å². The van der Waals surface area contributed by atoms with E-state index in [1.807, 2.05) is 0 Å². The molecule has 1 saturated carbocycles. The van der Waals surface area contributed by atoms with E-state index in [1.54, 1.807) is 0 Å².